The summed E-state index contributed by atoms with van der Waals surface area (Å²) >= 11 is 0. The molecule has 0 atom stereocenters. The molecule has 5 nitrogen and oxygen atoms in total. The molecular formula is C8H12N2O3S. The van der Waals surface area contributed by atoms with Gasteiger partial charge in [0.2, 0.25) is 10.0 Å². The number of nitrogen functional groups attached to an aromatic ring is 1. The monoisotopic (exact) mass is 216 g/mol. The molecule has 0 aliphatic carbocycles. The minimum absolute atomic E-state index is 0.0448. The van der Waals surface area contributed by atoms with Crippen LogP contribution in [-0.2, 0) is 10.0 Å². The summed E-state index contributed by atoms with van der Waals surface area (Å²) in [6.07, 6.45) is 0. The third kappa shape index (κ3) is 2.53. The summed E-state index contributed by atoms with van der Waals surface area (Å²) in [4.78, 5) is 0. The topological polar surface area (TPSA) is 92.4 Å². The molecule has 1 aromatic carbocycles. The molecule has 0 amide bonds. The van der Waals surface area contributed by atoms with Gasteiger partial charge in [-0.3, -0.25) is 4.72 Å². The summed E-state index contributed by atoms with van der Waals surface area (Å²) < 4.78 is 24.5. The molecule has 1 rings (SSSR count). The van der Waals surface area contributed by atoms with Crippen molar-refractivity contribution in [3.8, 4) is 5.75 Å². The van der Waals surface area contributed by atoms with Crippen LogP contribution in [0.3, 0.4) is 0 Å². The fourth-order valence-electron chi connectivity index (χ4n) is 0.875. The van der Waals surface area contributed by atoms with E-state index in [1.165, 1.54) is 25.1 Å². The van der Waals surface area contributed by atoms with Crippen molar-refractivity contribution in [1.29, 1.82) is 0 Å². The van der Waals surface area contributed by atoms with Crippen LogP contribution in [0.1, 0.15) is 6.92 Å². The van der Waals surface area contributed by atoms with Crippen molar-refractivity contribution in [2.75, 3.05) is 16.2 Å². The summed E-state index contributed by atoms with van der Waals surface area (Å²) in [6.45, 7) is 1.51. The molecule has 0 saturated carbocycles. The van der Waals surface area contributed by atoms with Crippen molar-refractivity contribution < 1.29 is 13.5 Å². The number of hydrogen-bond acceptors (Lipinski definition) is 4. The van der Waals surface area contributed by atoms with Gasteiger partial charge in [-0.2, -0.15) is 0 Å². The Morgan fingerprint density at radius 3 is 2.64 bits per heavy atom. The average molecular weight is 216 g/mol. The van der Waals surface area contributed by atoms with Crippen LogP contribution in [0, 0.1) is 0 Å². The largest absolute Gasteiger partial charge is 0.506 e. The molecule has 0 radical (unpaired) electrons. The Morgan fingerprint density at radius 1 is 1.50 bits per heavy atom. The molecule has 0 unspecified atom stereocenters. The number of phenolic OH excluding ortho intramolecular Hbond substituents is 1. The maximum Gasteiger partial charge on any atom is 0.232 e. The predicted octanol–water partition coefficient (Wildman–Crippen LogP) is 0.736. The van der Waals surface area contributed by atoms with Crippen molar-refractivity contribution in [2.24, 2.45) is 0 Å². The van der Waals surface area contributed by atoms with Crippen LogP contribution >= 0.6 is 0 Å². The van der Waals surface area contributed by atoms with Crippen molar-refractivity contribution in [1.82, 2.24) is 0 Å². The second kappa shape index (κ2) is 3.75. The maximum absolute atomic E-state index is 11.2. The first kappa shape index (κ1) is 10.6. The molecule has 0 saturated heterocycles. The molecule has 1 aromatic rings. The third-order valence-corrected chi connectivity index (χ3v) is 2.96. The van der Waals surface area contributed by atoms with Crippen molar-refractivity contribution in [2.45, 2.75) is 6.92 Å². The quantitative estimate of drug-likeness (QED) is 0.513. The fraction of sp³-hybridized carbons (Fsp3) is 0.250. The molecular weight excluding hydrogens is 204 g/mol. The van der Waals surface area contributed by atoms with Crippen LogP contribution in [-0.4, -0.2) is 19.3 Å². The molecule has 0 fully saturated rings. The zero-order valence-corrected chi connectivity index (χ0v) is 8.50. The zero-order valence-electron chi connectivity index (χ0n) is 7.69. The lowest BCUT2D eigenvalue weighted by atomic mass is 10.3. The lowest BCUT2D eigenvalue weighted by molar-refractivity contribution is 0.478. The standard InChI is InChI=1S/C8H12N2O3S/c1-2-14(12,13)10-7-4-3-6(9)5-8(7)11/h3-5,10-11H,2,9H2,1H3. The minimum atomic E-state index is -3.36. The van der Waals surface area contributed by atoms with Gasteiger partial charge in [0.05, 0.1) is 11.4 Å². The Labute approximate surface area is 82.6 Å². The van der Waals surface area contributed by atoms with Gasteiger partial charge in [0.25, 0.3) is 0 Å². The van der Waals surface area contributed by atoms with E-state index >= 15 is 0 Å². The van der Waals surface area contributed by atoms with Gasteiger partial charge in [-0.05, 0) is 19.1 Å². The second-order valence-electron chi connectivity index (χ2n) is 2.78. The Hall–Kier alpha value is -1.43. The number of nitrogens with two attached hydrogens (primary N) is 1. The van der Waals surface area contributed by atoms with Gasteiger partial charge >= 0.3 is 0 Å². The number of phenols is 1. The van der Waals surface area contributed by atoms with Crippen molar-refractivity contribution in [3.05, 3.63) is 18.2 Å². The number of rotatable bonds is 3. The van der Waals surface area contributed by atoms with Crippen molar-refractivity contribution in [3.63, 3.8) is 0 Å². The van der Waals surface area contributed by atoms with E-state index in [2.05, 4.69) is 4.72 Å². The third-order valence-electron chi connectivity index (χ3n) is 1.67. The number of anilines is 2. The van der Waals surface area contributed by atoms with Gasteiger partial charge in [0.1, 0.15) is 5.75 Å². The van der Waals surface area contributed by atoms with Gasteiger partial charge in [-0.25, -0.2) is 8.42 Å². The molecule has 14 heavy (non-hydrogen) atoms. The Bertz CT molecular complexity index is 428. The molecule has 0 aliphatic rings. The number of hydrogen-bond donors (Lipinski definition) is 3. The number of nitrogens with one attached hydrogen (secondary N) is 1. The lowest BCUT2D eigenvalue weighted by Crippen LogP contribution is -2.14. The van der Waals surface area contributed by atoms with Gasteiger partial charge in [-0.1, -0.05) is 0 Å². The molecule has 0 aliphatic heterocycles. The first-order valence-electron chi connectivity index (χ1n) is 4.03. The van der Waals surface area contributed by atoms with Gasteiger partial charge in [0.15, 0.2) is 0 Å². The zero-order chi connectivity index (χ0) is 10.8. The number of aromatic hydroxyl groups is 1. The van der Waals surface area contributed by atoms with E-state index in [1.54, 1.807) is 0 Å². The van der Waals surface area contributed by atoms with E-state index in [9.17, 15) is 13.5 Å². The van der Waals surface area contributed by atoms with Gasteiger partial charge in [-0.15, -0.1) is 0 Å². The summed E-state index contributed by atoms with van der Waals surface area (Å²) in [5.41, 5.74) is 5.90. The molecule has 0 heterocycles. The highest BCUT2D eigenvalue weighted by Crippen LogP contribution is 2.25. The Kier molecular flexibility index (Phi) is 2.85. The minimum Gasteiger partial charge on any atom is -0.506 e. The van der Waals surface area contributed by atoms with Crippen LogP contribution in [0.25, 0.3) is 0 Å². The summed E-state index contributed by atoms with van der Waals surface area (Å²) in [5.74, 6) is -0.224. The van der Waals surface area contributed by atoms with Crippen LogP contribution in [0.4, 0.5) is 11.4 Å². The predicted molar refractivity (Wildman–Crippen MR) is 55.6 cm³/mol. The summed E-state index contributed by atoms with van der Waals surface area (Å²) in [7, 11) is -3.36. The highest BCUT2D eigenvalue weighted by Gasteiger charge is 2.09. The van der Waals surface area contributed by atoms with Gasteiger partial charge < -0.3 is 10.8 Å². The highest BCUT2D eigenvalue weighted by molar-refractivity contribution is 7.92. The van der Waals surface area contributed by atoms with Crippen LogP contribution in [0.15, 0.2) is 18.2 Å². The molecule has 0 bridgehead atoms. The second-order valence-corrected chi connectivity index (χ2v) is 4.79. The average Bonchev–Trinajstić information content (AvgIpc) is 2.10. The fourth-order valence-corrected chi connectivity index (χ4v) is 1.53. The van der Waals surface area contributed by atoms with Crippen LogP contribution in [0.2, 0.25) is 0 Å². The van der Waals surface area contributed by atoms with Crippen LogP contribution < -0.4 is 10.5 Å². The maximum atomic E-state index is 11.2. The molecule has 0 spiro atoms. The van der Waals surface area contributed by atoms with E-state index in [1.807, 2.05) is 0 Å². The van der Waals surface area contributed by atoms with Crippen molar-refractivity contribution >= 4 is 21.4 Å². The van der Waals surface area contributed by atoms with Gasteiger partial charge in [0, 0.05) is 11.8 Å². The summed E-state index contributed by atoms with van der Waals surface area (Å²) in [6, 6.07) is 4.21. The number of sulfonamides is 1. The molecule has 78 valence electrons. The van der Waals surface area contributed by atoms with E-state index in [4.69, 9.17) is 5.73 Å². The normalized spacial score (nSPS) is 11.2. The van der Waals surface area contributed by atoms with Crippen LogP contribution in [0.5, 0.6) is 5.75 Å². The van der Waals surface area contributed by atoms with E-state index in [0.717, 1.165) is 0 Å². The van der Waals surface area contributed by atoms with E-state index in [-0.39, 0.29) is 17.2 Å². The lowest BCUT2D eigenvalue weighted by Gasteiger charge is -2.07. The van der Waals surface area contributed by atoms with E-state index < -0.39 is 10.0 Å². The molecule has 4 N–H and O–H groups in total. The highest BCUT2D eigenvalue weighted by atomic mass is 32.2. The first-order valence-corrected chi connectivity index (χ1v) is 5.69. The SMILES string of the molecule is CCS(=O)(=O)Nc1ccc(N)cc1O. The molecule has 6 heteroatoms. The Morgan fingerprint density at radius 2 is 2.14 bits per heavy atom. The molecule has 0 aromatic heterocycles. The summed E-state index contributed by atoms with van der Waals surface area (Å²) in [5, 5.41) is 9.34. The van der Waals surface area contributed by atoms with E-state index in [0.29, 0.717) is 5.69 Å². The smallest absolute Gasteiger partial charge is 0.232 e. The number of benzene rings is 1. The first-order chi connectivity index (χ1) is 6.44. The Balaban J connectivity index is 2.99.